The van der Waals surface area contributed by atoms with Gasteiger partial charge < -0.3 is 37.0 Å². The Hall–Kier alpha value is -2.80. The third-order valence-electron chi connectivity index (χ3n) is 5.34. The maximum absolute atomic E-state index is 13.0. The Kier molecular flexibility index (Phi) is 7.29. The zero-order chi connectivity index (χ0) is 23.5. The average Bonchev–Trinajstić information content (AvgIpc) is 3.34. The second-order valence-electron chi connectivity index (χ2n) is 7.80. The smallest absolute Gasteiger partial charge is 0.243 e. The topological polar surface area (TPSA) is 187 Å². The summed E-state index contributed by atoms with van der Waals surface area (Å²) in [5, 5.41) is 34.7. The summed E-state index contributed by atoms with van der Waals surface area (Å²) in [5.41, 5.74) is 11.3. The first-order chi connectivity index (χ1) is 15.1. The lowest BCUT2D eigenvalue weighted by molar-refractivity contribution is -0.196. The lowest BCUT2D eigenvalue weighted by atomic mass is 10.0. The number of nitrogens with two attached hydrogens (primary N) is 2. The number of nitrogens with one attached hydrogen (secondary N) is 1. The number of fused-ring (bicyclic) bond motifs is 1. The van der Waals surface area contributed by atoms with Crippen molar-refractivity contribution in [1.82, 2.24) is 15.2 Å². The Balaban J connectivity index is 1.84. The summed E-state index contributed by atoms with van der Waals surface area (Å²) in [6.45, 7) is 1.59. The van der Waals surface area contributed by atoms with Crippen LogP contribution >= 0.6 is 11.3 Å². The molecule has 1 aromatic carbocycles. The Bertz CT molecular complexity index is 972. The standard InChI is InChI=1S/C20H28N6O5S/c1-11(27)26-10-12(28)9-14(26)17(29)25-16(7-4-8-23-19(21)22)20(30,31)18-24-13-5-2-3-6-15(13)32-18/h2-3,5-6,12,14,16,28,30-31H,4,7-10H2,1H3,(H,25,29)(H4,21,22,23)/t12-,14+,16+/m1/s1. The van der Waals surface area contributed by atoms with Gasteiger partial charge in [0.25, 0.3) is 0 Å². The molecule has 2 heterocycles. The molecule has 1 aliphatic heterocycles. The summed E-state index contributed by atoms with van der Waals surface area (Å²) in [6.07, 6.45) is -0.287. The number of rotatable bonds is 8. The molecule has 2 aromatic rings. The van der Waals surface area contributed by atoms with E-state index >= 15 is 0 Å². The summed E-state index contributed by atoms with van der Waals surface area (Å²) in [4.78, 5) is 34.3. The van der Waals surface area contributed by atoms with Gasteiger partial charge in [0.05, 0.1) is 22.4 Å². The van der Waals surface area contributed by atoms with Crippen molar-refractivity contribution < 1.29 is 24.9 Å². The lowest BCUT2D eigenvalue weighted by Gasteiger charge is -2.32. The molecule has 2 amide bonds. The molecule has 0 aliphatic carbocycles. The molecular weight excluding hydrogens is 436 g/mol. The van der Waals surface area contributed by atoms with Gasteiger partial charge in [-0.05, 0) is 25.0 Å². The van der Waals surface area contributed by atoms with Crippen LogP contribution < -0.4 is 16.8 Å². The van der Waals surface area contributed by atoms with Gasteiger partial charge in [-0.1, -0.05) is 12.1 Å². The highest BCUT2D eigenvalue weighted by molar-refractivity contribution is 7.18. The highest BCUT2D eigenvalue weighted by atomic mass is 32.1. The number of aliphatic hydroxyl groups excluding tert-OH is 1. The van der Waals surface area contributed by atoms with E-state index in [0.717, 1.165) is 16.0 Å². The predicted octanol–water partition coefficient (Wildman–Crippen LogP) is -1.05. The van der Waals surface area contributed by atoms with E-state index in [2.05, 4.69) is 15.3 Å². The van der Waals surface area contributed by atoms with Crippen molar-refractivity contribution in [3.05, 3.63) is 29.3 Å². The first-order valence-electron chi connectivity index (χ1n) is 10.2. The molecule has 1 aromatic heterocycles. The fourth-order valence-corrected chi connectivity index (χ4v) is 4.74. The number of aromatic nitrogens is 1. The molecular formula is C20H28N6O5S. The number of benzene rings is 1. The second kappa shape index (κ2) is 9.77. The van der Waals surface area contributed by atoms with Gasteiger partial charge >= 0.3 is 0 Å². The van der Waals surface area contributed by atoms with Crippen LogP contribution in [0.3, 0.4) is 0 Å². The van der Waals surface area contributed by atoms with Gasteiger partial charge in [-0.25, -0.2) is 4.98 Å². The van der Waals surface area contributed by atoms with Crippen LogP contribution in [0.1, 0.15) is 31.2 Å². The maximum atomic E-state index is 13.0. The Labute approximate surface area is 188 Å². The van der Waals surface area contributed by atoms with Gasteiger partial charge in [-0.15, -0.1) is 11.3 Å². The fraction of sp³-hybridized carbons (Fsp3) is 0.500. The third kappa shape index (κ3) is 5.33. The normalized spacial score (nSPS) is 19.7. The lowest BCUT2D eigenvalue weighted by Crippen LogP contribution is -2.55. The molecule has 0 saturated carbocycles. The highest BCUT2D eigenvalue weighted by Gasteiger charge is 2.43. The van der Waals surface area contributed by atoms with E-state index in [4.69, 9.17) is 11.5 Å². The minimum atomic E-state index is -2.48. The number of carbonyl (C=O) groups is 2. The van der Waals surface area contributed by atoms with Crippen LogP contribution in [0.5, 0.6) is 0 Å². The number of aliphatic imine (C=N–C) groups is 1. The van der Waals surface area contributed by atoms with Crippen molar-refractivity contribution in [1.29, 1.82) is 0 Å². The summed E-state index contributed by atoms with van der Waals surface area (Å²) in [7, 11) is 0. The molecule has 8 N–H and O–H groups in total. The first-order valence-corrected chi connectivity index (χ1v) is 11.0. The SMILES string of the molecule is CC(=O)N1C[C@H](O)C[C@H]1C(=O)N[C@@H](CCCN=C(N)N)C(O)(O)c1nc2ccccc2s1. The summed E-state index contributed by atoms with van der Waals surface area (Å²) in [5.74, 6) is -3.50. The molecule has 3 atom stereocenters. The summed E-state index contributed by atoms with van der Waals surface area (Å²) >= 11 is 1.11. The van der Waals surface area contributed by atoms with Crippen molar-refractivity contribution in [2.45, 2.75) is 50.2 Å². The molecule has 0 unspecified atom stereocenters. The van der Waals surface area contributed by atoms with Gasteiger partial charge in [-0.2, -0.15) is 0 Å². The summed E-state index contributed by atoms with van der Waals surface area (Å²) in [6, 6.07) is 5.10. The number of guanidine groups is 1. The number of hydrogen-bond donors (Lipinski definition) is 6. The molecule has 1 aliphatic rings. The number of thiazole rings is 1. The number of hydrogen-bond acceptors (Lipinski definition) is 8. The molecule has 1 saturated heterocycles. The van der Waals surface area contributed by atoms with Crippen molar-refractivity contribution in [2.75, 3.05) is 13.1 Å². The number of carbonyl (C=O) groups excluding carboxylic acids is 2. The number of nitrogens with zero attached hydrogens (tertiary/aromatic N) is 3. The van der Waals surface area contributed by atoms with Crippen LogP contribution in [0.15, 0.2) is 29.3 Å². The van der Waals surface area contributed by atoms with Gasteiger partial charge in [-0.3, -0.25) is 14.6 Å². The molecule has 12 heteroatoms. The molecule has 174 valence electrons. The van der Waals surface area contributed by atoms with Crippen LogP contribution in [0.2, 0.25) is 0 Å². The maximum Gasteiger partial charge on any atom is 0.243 e. The molecule has 0 spiro atoms. The van der Waals surface area contributed by atoms with Gasteiger partial charge in [0, 0.05) is 26.4 Å². The molecule has 32 heavy (non-hydrogen) atoms. The zero-order valence-electron chi connectivity index (χ0n) is 17.6. The minimum absolute atomic E-state index is 0.0284. The fourth-order valence-electron chi connectivity index (χ4n) is 3.73. The molecule has 0 bridgehead atoms. The molecule has 11 nitrogen and oxygen atoms in total. The average molecular weight is 465 g/mol. The van der Waals surface area contributed by atoms with Crippen molar-refractivity contribution in [3.8, 4) is 0 Å². The monoisotopic (exact) mass is 464 g/mol. The molecule has 1 fully saturated rings. The Morgan fingerprint density at radius 3 is 2.75 bits per heavy atom. The van der Waals surface area contributed by atoms with Crippen molar-refractivity contribution in [3.63, 3.8) is 0 Å². The van der Waals surface area contributed by atoms with E-state index in [1.165, 1.54) is 11.8 Å². The second-order valence-corrected chi connectivity index (χ2v) is 8.83. The Morgan fingerprint density at radius 2 is 2.09 bits per heavy atom. The Morgan fingerprint density at radius 1 is 1.38 bits per heavy atom. The zero-order valence-corrected chi connectivity index (χ0v) is 18.5. The van der Waals surface area contributed by atoms with E-state index in [9.17, 15) is 24.9 Å². The van der Waals surface area contributed by atoms with Crippen LogP contribution in [0.4, 0.5) is 0 Å². The van der Waals surface area contributed by atoms with E-state index in [-0.39, 0.29) is 42.8 Å². The number of aliphatic hydroxyl groups is 3. The van der Waals surface area contributed by atoms with E-state index in [1.54, 1.807) is 12.1 Å². The van der Waals surface area contributed by atoms with Gasteiger partial charge in [0.1, 0.15) is 6.04 Å². The molecule has 0 radical (unpaired) electrons. The van der Waals surface area contributed by atoms with E-state index < -0.39 is 29.9 Å². The van der Waals surface area contributed by atoms with E-state index in [1.807, 2.05) is 12.1 Å². The van der Waals surface area contributed by atoms with E-state index in [0.29, 0.717) is 11.9 Å². The number of para-hydroxylation sites is 1. The van der Waals surface area contributed by atoms with Crippen molar-refractivity contribution in [2.24, 2.45) is 16.5 Å². The highest BCUT2D eigenvalue weighted by Crippen LogP contribution is 2.32. The molecule has 3 rings (SSSR count). The first kappa shape index (κ1) is 23.9. The summed E-state index contributed by atoms with van der Waals surface area (Å²) < 4.78 is 0.766. The quantitative estimate of drug-likeness (QED) is 0.124. The predicted molar refractivity (Wildman–Crippen MR) is 119 cm³/mol. The van der Waals surface area contributed by atoms with Gasteiger partial charge in [0.2, 0.25) is 17.6 Å². The van der Waals surface area contributed by atoms with Crippen LogP contribution in [-0.4, -0.2) is 74.3 Å². The third-order valence-corrected chi connectivity index (χ3v) is 6.49. The minimum Gasteiger partial charge on any atom is -0.391 e. The number of β-amino-alcohol motifs (C(OH)–C–C–N with tert-alkyl or cyclic N) is 1. The van der Waals surface area contributed by atoms with Crippen molar-refractivity contribution >= 4 is 39.3 Å². The van der Waals surface area contributed by atoms with Gasteiger partial charge in [0.15, 0.2) is 11.0 Å². The largest absolute Gasteiger partial charge is 0.391 e. The van der Waals surface area contributed by atoms with Crippen LogP contribution in [0.25, 0.3) is 10.2 Å². The van der Waals surface area contributed by atoms with Crippen LogP contribution in [0, 0.1) is 0 Å². The van der Waals surface area contributed by atoms with Crippen LogP contribution in [-0.2, 0) is 15.4 Å². The number of amides is 2. The number of likely N-dealkylation sites (tertiary alicyclic amines) is 1.